The molecule has 0 radical (unpaired) electrons. The molecule has 6 heteroatoms. The number of aromatic nitrogens is 1. The minimum absolute atomic E-state index is 0.282. The zero-order chi connectivity index (χ0) is 19.9. The van der Waals surface area contributed by atoms with E-state index in [1.54, 1.807) is 25.1 Å². The number of hydrogen-bond donors (Lipinski definition) is 0. The van der Waals surface area contributed by atoms with Gasteiger partial charge >= 0.3 is 12.1 Å². The lowest BCUT2D eigenvalue weighted by Gasteiger charge is -2.11. The number of halogens is 3. The molecule has 0 unspecified atom stereocenters. The molecule has 0 amide bonds. The van der Waals surface area contributed by atoms with Gasteiger partial charge < -0.3 is 9.30 Å². The third-order valence-corrected chi connectivity index (χ3v) is 4.64. The maximum Gasteiger partial charge on any atom is 0.416 e. The number of carbonyl (C=O) groups is 1. The molecular formula is C22H16F3NO2. The monoisotopic (exact) mass is 383 g/mol. The molecule has 0 aliphatic heterocycles. The summed E-state index contributed by atoms with van der Waals surface area (Å²) >= 11 is 0. The molecule has 0 aliphatic rings. The lowest BCUT2D eigenvalue weighted by molar-refractivity contribution is -0.137. The van der Waals surface area contributed by atoms with Crippen LogP contribution in [0, 0.1) is 0 Å². The zero-order valence-corrected chi connectivity index (χ0v) is 15.0. The number of hydrogen-bond acceptors (Lipinski definition) is 2. The highest BCUT2D eigenvalue weighted by atomic mass is 19.4. The SMILES string of the molecule is CCOC(=O)c1ccc2c(c1)c1ccccc1n2-c1ccc(C(F)(F)F)cc1. The summed E-state index contributed by atoms with van der Waals surface area (Å²) in [5.74, 6) is -0.407. The highest BCUT2D eigenvalue weighted by molar-refractivity contribution is 6.11. The molecule has 3 nitrogen and oxygen atoms in total. The number of para-hydroxylation sites is 1. The summed E-state index contributed by atoms with van der Waals surface area (Å²) in [5.41, 5.74) is 2.00. The second-order valence-corrected chi connectivity index (χ2v) is 6.35. The van der Waals surface area contributed by atoms with Crippen LogP contribution in [-0.2, 0) is 10.9 Å². The number of nitrogens with zero attached hydrogens (tertiary/aromatic N) is 1. The second-order valence-electron chi connectivity index (χ2n) is 6.35. The predicted molar refractivity (Wildman–Crippen MR) is 102 cm³/mol. The average Bonchev–Trinajstić information content (AvgIpc) is 3.01. The zero-order valence-electron chi connectivity index (χ0n) is 15.0. The summed E-state index contributed by atoms with van der Waals surface area (Å²) < 4.78 is 45.7. The van der Waals surface area contributed by atoms with Gasteiger partial charge in [0.2, 0.25) is 0 Å². The van der Waals surface area contributed by atoms with Gasteiger partial charge in [-0.1, -0.05) is 18.2 Å². The number of rotatable bonds is 3. The van der Waals surface area contributed by atoms with E-state index in [9.17, 15) is 18.0 Å². The topological polar surface area (TPSA) is 31.2 Å². The van der Waals surface area contributed by atoms with Crippen LogP contribution in [0.3, 0.4) is 0 Å². The van der Waals surface area contributed by atoms with Gasteiger partial charge in [-0.15, -0.1) is 0 Å². The standard InChI is InChI=1S/C22H16F3NO2/c1-2-28-21(27)14-7-12-20-18(13-14)17-5-3-4-6-19(17)26(20)16-10-8-15(9-11-16)22(23,24)25/h3-13H,2H2,1H3. The van der Waals surface area contributed by atoms with Crippen molar-refractivity contribution in [1.29, 1.82) is 0 Å². The molecule has 1 heterocycles. The molecular weight excluding hydrogens is 367 g/mol. The lowest BCUT2D eigenvalue weighted by Crippen LogP contribution is -2.05. The maximum atomic E-state index is 12.9. The fraction of sp³-hybridized carbons (Fsp3) is 0.136. The van der Waals surface area contributed by atoms with E-state index < -0.39 is 17.7 Å². The fourth-order valence-electron chi connectivity index (χ4n) is 3.39. The van der Waals surface area contributed by atoms with Gasteiger partial charge in [0, 0.05) is 16.5 Å². The Morgan fingerprint density at radius 3 is 2.29 bits per heavy atom. The van der Waals surface area contributed by atoms with Crippen LogP contribution in [0.4, 0.5) is 13.2 Å². The number of alkyl halides is 3. The molecule has 4 rings (SSSR count). The second kappa shape index (κ2) is 6.71. The first-order valence-electron chi connectivity index (χ1n) is 8.78. The van der Waals surface area contributed by atoms with Crippen LogP contribution in [0.25, 0.3) is 27.5 Å². The van der Waals surface area contributed by atoms with E-state index in [2.05, 4.69) is 0 Å². The van der Waals surface area contributed by atoms with E-state index in [0.29, 0.717) is 11.3 Å². The van der Waals surface area contributed by atoms with Crippen LogP contribution >= 0.6 is 0 Å². The first-order valence-corrected chi connectivity index (χ1v) is 8.78. The van der Waals surface area contributed by atoms with Crippen LogP contribution in [0.15, 0.2) is 66.7 Å². The molecule has 1 aromatic heterocycles. The van der Waals surface area contributed by atoms with Crippen LogP contribution in [0.5, 0.6) is 0 Å². The van der Waals surface area contributed by atoms with E-state index in [4.69, 9.17) is 4.74 Å². The van der Waals surface area contributed by atoms with Crippen molar-refractivity contribution in [1.82, 2.24) is 4.57 Å². The van der Waals surface area contributed by atoms with Crippen LogP contribution in [0.2, 0.25) is 0 Å². The van der Waals surface area contributed by atoms with Crippen molar-refractivity contribution in [2.75, 3.05) is 6.61 Å². The van der Waals surface area contributed by atoms with Crippen molar-refractivity contribution in [2.24, 2.45) is 0 Å². The minimum atomic E-state index is -4.38. The Morgan fingerprint density at radius 1 is 0.929 bits per heavy atom. The first kappa shape index (κ1) is 18.1. The summed E-state index contributed by atoms with van der Waals surface area (Å²) in [6, 6.07) is 17.8. The van der Waals surface area contributed by atoms with E-state index in [1.165, 1.54) is 12.1 Å². The number of benzene rings is 3. The number of carbonyl (C=O) groups excluding carboxylic acids is 1. The minimum Gasteiger partial charge on any atom is -0.462 e. The van der Waals surface area contributed by atoms with E-state index in [1.807, 2.05) is 28.8 Å². The van der Waals surface area contributed by atoms with Crippen LogP contribution < -0.4 is 0 Å². The van der Waals surface area contributed by atoms with E-state index in [-0.39, 0.29) is 6.61 Å². The van der Waals surface area contributed by atoms with Crippen molar-refractivity contribution in [3.05, 3.63) is 77.9 Å². The molecule has 0 saturated carbocycles. The van der Waals surface area contributed by atoms with Gasteiger partial charge in [-0.3, -0.25) is 0 Å². The summed E-state index contributed by atoms with van der Waals surface area (Å²) in [5, 5.41) is 1.74. The third kappa shape index (κ3) is 3.01. The van der Waals surface area contributed by atoms with Gasteiger partial charge in [0.1, 0.15) is 0 Å². The summed E-state index contributed by atoms with van der Waals surface area (Å²) in [6.45, 7) is 2.02. The number of esters is 1. The van der Waals surface area contributed by atoms with Crippen molar-refractivity contribution in [3.63, 3.8) is 0 Å². The summed E-state index contributed by atoms with van der Waals surface area (Å²) in [4.78, 5) is 12.1. The van der Waals surface area contributed by atoms with Gasteiger partial charge in [0.15, 0.2) is 0 Å². The number of fused-ring (bicyclic) bond motifs is 3. The average molecular weight is 383 g/mol. The molecule has 0 spiro atoms. The summed E-state index contributed by atoms with van der Waals surface area (Å²) in [7, 11) is 0. The Labute approximate surface area is 159 Å². The van der Waals surface area contributed by atoms with Crippen LogP contribution in [-0.4, -0.2) is 17.1 Å². The van der Waals surface area contributed by atoms with Crippen molar-refractivity contribution in [3.8, 4) is 5.69 Å². The Balaban J connectivity index is 1.94. The van der Waals surface area contributed by atoms with Crippen molar-refractivity contribution < 1.29 is 22.7 Å². The normalized spacial score (nSPS) is 11.9. The molecule has 4 aromatic rings. The van der Waals surface area contributed by atoms with Crippen LogP contribution in [0.1, 0.15) is 22.8 Å². The highest BCUT2D eigenvalue weighted by Crippen LogP contribution is 2.34. The Morgan fingerprint density at radius 2 is 1.61 bits per heavy atom. The lowest BCUT2D eigenvalue weighted by atomic mass is 10.1. The van der Waals surface area contributed by atoms with Crippen molar-refractivity contribution in [2.45, 2.75) is 13.1 Å². The van der Waals surface area contributed by atoms with Gasteiger partial charge in [-0.25, -0.2) is 4.79 Å². The quantitative estimate of drug-likeness (QED) is 0.408. The van der Waals surface area contributed by atoms with E-state index in [0.717, 1.165) is 33.9 Å². The molecule has 142 valence electrons. The molecule has 0 fully saturated rings. The number of ether oxygens (including phenoxy) is 1. The predicted octanol–water partition coefficient (Wildman–Crippen LogP) is 5.98. The summed E-state index contributed by atoms with van der Waals surface area (Å²) in [6.07, 6.45) is -4.38. The smallest absolute Gasteiger partial charge is 0.416 e. The van der Waals surface area contributed by atoms with Gasteiger partial charge in [0.05, 0.1) is 28.8 Å². The molecule has 0 aliphatic carbocycles. The van der Waals surface area contributed by atoms with Gasteiger partial charge in [-0.2, -0.15) is 13.2 Å². The molecule has 0 N–H and O–H groups in total. The van der Waals surface area contributed by atoms with Gasteiger partial charge in [-0.05, 0) is 55.5 Å². The molecule has 0 bridgehead atoms. The Bertz CT molecular complexity index is 1170. The van der Waals surface area contributed by atoms with Gasteiger partial charge in [0.25, 0.3) is 0 Å². The maximum absolute atomic E-state index is 12.9. The Hall–Kier alpha value is -3.28. The largest absolute Gasteiger partial charge is 0.462 e. The third-order valence-electron chi connectivity index (χ3n) is 4.64. The highest BCUT2D eigenvalue weighted by Gasteiger charge is 2.30. The Kier molecular flexibility index (Phi) is 4.34. The molecule has 0 atom stereocenters. The molecule has 3 aromatic carbocycles. The fourth-order valence-corrected chi connectivity index (χ4v) is 3.39. The van der Waals surface area contributed by atoms with E-state index >= 15 is 0 Å². The molecule has 28 heavy (non-hydrogen) atoms. The first-order chi connectivity index (χ1) is 13.4. The molecule has 0 saturated heterocycles. The van der Waals surface area contributed by atoms with Crippen molar-refractivity contribution >= 4 is 27.8 Å².